The van der Waals surface area contributed by atoms with Crippen LogP contribution in [0.1, 0.15) is 39.9 Å². The van der Waals surface area contributed by atoms with Gasteiger partial charge in [-0.1, -0.05) is 18.2 Å². The first-order valence-corrected chi connectivity index (χ1v) is 11.4. The zero-order chi connectivity index (χ0) is 20.1. The van der Waals surface area contributed by atoms with Crippen LogP contribution in [0.25, 0.3) is 10.9 Å². The summed E-state index contributed by atoms with van der Waals surface area (Å²) in [5, 5.41) is 3.68. The highest BCUT2D eigenvalue weighted by Gasteiger charge is 2.24. The molecule has 8 heteroatoms. The van der Waals surface area contributed by atoms with E-state index in [0.29, 0.717) is 12.1 Å². The number of para-hydroxylation sites is 1. The van der Waals surface area contributed by atoms with E-state index in [2.05, 4.69) is 22.0 Å². The molecule has 28 heavy (non-hydrogen) atoms. The number of hydrogen-bond donors (Lipinski definition) is 3. The number of aromatic amines is 1. The maximum absolute atomic E-state index is 12.7. The summed E-state index contributed by atoms with van der Waals surface area (Å²) < 4.78 is 0. The predicted octanol–water partition coefficient (Wildman–Crippen LogP) is 2.58. The molecule has 0 bridgehead atoms. The van der Waals surface area contributed by atoms with Crippen molar-refractivity contribution in [3.05, 3.63) is 52.1 Å². The van der Waals surface area contributed by atoms with Crippen LogP contribution < -0.4 is 11.5 Å². The number of ketones is 1. The number of hydrogen-bond acceptors (Lipinski definition) is 5. The molecule has 0 aliphatic carbocycles. The van der Waals surface area contributed by atoms with Gasteiger partial charge in [0.05, 0.1) is 0 Å². The second kappa shape index (κ2) is 9.36. The number of benzene rings is 1. The number of nitrogens with zero attached hydrogens (tertiary/aromatic N) is 1. The molecule has 2 heterocycles. The zero-order valence-corrected chi connectivity index (χ0v) is 17.4. The van der Waals surface area contributed by atoms with Crippen molar-refractivity contribution < 1.29 is 15.3 Å². The van der Waals surface area contributed by atoms with Crippen molar-refractivity contribution in [2.75, 3.05) is 12.0 Å². The number of thiazole rings is 1. The molecule has 3 aromatic rings. The van der Waals surface area contributed by atoms with E-state index < -0.39 is 11.8 Å². The summed E-state index contributed by atoms with van der Waals surface area (Å²) in [6.45, 7) is 0. The molecule has 0 saturated carbocycles. The number of thioether (sulfide) groups is 1. The molecule has 0 saturated heterocycles. The van der Waals surface area contributed by atoms with Crippen LogP contribution in [-0.2, 0) is 11.2 Å². The van der Waals surface area contributed by atoms with Gasteiger partial charge in [0.25, 0.3) is 0 Å². The maximum Gasteiger partial charge on any atom is 0.221 e. The fraction of sp³-hybridized carbons (Fsp3) is 0.350. The third-order valence-electron chi connectivity index (χ3n) is 4.80. The summed E-state index contributed by atoms with van der Waals surface area (Å²) >= 11 is 3.22. The highest BCUT2D eigenvalue weighted by molar-refractivity contribution is 7.98. The number of amides is 1. The number of Topliss-reactive ketones (excluding diaryl/α,β-unsaturated/α-hetero) is 1. The standard InChI is InChI=1S/C20H24N4O2S2/c1-27-7-6-15(21)20-24-17(11-28-20)18(25)9-12(19(22)26)8-13-10-23-16-5-3-2-4-14(13)16/h2-5,10-12,15,23H,6-9,21H2,1H3,(H2,22,26)/p+1. The monoisotopic (exact) mass is 417 g/mol. The molecule has 0 aliphatic heterocycles. The van der Waals surface area contributed by atoms with Gasteiger partial charge in [-0.2, -0.15) is 11.8 Å². The SMILES string of the molecule is CSCCC([NH3+])c1nc(C(=O)CC(Cc2c[nH]c3ccccc23)C(N)=O)cs1. The summed E-state index contributed by atoms with van der Waals surface area (Å²) in [4.78, 5) is 32.4. The lowest BCUT2D eigenvalue weighted by Crippen LogP contribution is -2.53. The van der Waals surface area contributed by atoms with E-state index in [1.54, 1.807) is 17.1 Å². The van der Waals surface area contributed by atoms with Gasteiger partial charge in [0.2, 0.25) is 5.91 Å². The van der Waals surface area contributed by atoms with E-state index in [1.165, 1.54) is 11.3 Å². The number of rotatable bonds is 10. The van der Waals surface area contributed by atoms with Crippen molar-refractivity contribution >= 4 is 45.7 Å². The Morgan fingerprint density at radius 1 is 1.36 bits per heavy atom. The molecule has 3 rings (SSSR count). The number of nitrogens with one attached hydrogen (secondary N) is 1. The number of aromatic nitrogens is 2. The lowest BCUT2D eigenvalue weighted by atomic mass is 9.93. The van der Waals surface area contributed by atoms with E-state index in [1.807, 2.05) is 30.5 Å². The van der Waals surface area contributed by atoms with Crippen LogP contribution in [0.4, 0.5) is 0 Å². The summed E-state index contributed by atoms with van der Waals surface area (Å²) in [6.07, 6.45) is 5.34. The van der Waals surface area contributed by atoms with Crippen molar-refractivity contribution in [3.8, 4) is 0 Å². The van der Waals surface area contributed by atoms with Crippen LogP contribution in [0.5, 0.6) is 0 Å². The second-order valence-electron chi connectivity index (χ2n) is 6.84. The van der Waals surface area contributed by atoms with Crippen LogP contribution in [0.3, 0.4) is 0 Å². The van der Waals surface area contributed by atoms with Crippen molar-refractivity contribution in [2.45, 2.75) is 25.3 Å². The first kappa shape index (κ1) is 20.6. The van der Waals surface area contributed by atoms with Crippen molar-refractivity contribution in [1.29, 1.82) is 0 Å². The molecule has 6 N–H and O–H groups in total. The molecular formula is C20H25N4O2S2+. The Morgan fingerprint density at radius 3 is 2.89 bits per heavy atom. The van der Waals surface area contributed by atoms with E-state index >= 15 is 0 Å². The first-order chi connectivity index (χ1) is 13.5. The Balaban J connectivity index is 1.70. The van der Waals surface area contributed by atoms with E-state index in [0.717, 1.165) is 33.6 Å². The summed E-state index contributed by atoms with van der Waals surface area (Å²) in [5.41, 5.74) is 12.1. The molecule has 148 valence electrons. The fourth-order valence-corrected chi connectivity index (χ4v) is 4.55. The average Bonchev–Trinajstić information content (AvgIpc) is 3.33. The number of carbonyl (C=O) groups excluding carboxylic acids is 2. The predicted molar refractivity (Wildman–Crippen MR) is 114 cm³/mol. The van der Waals surface area contributed by atoms with Crippen molar-refractivity contribution in [1.82, 2.24) is 9.97 Å². The van der Waals surface area contributed by atoms with Crippen LogP contribution in [0, 0.1) is 5.92 Å². The largest absolute Gasteiger partial charge is 0.369 e. The van der Waals surface area contributed by atoms with E-state index in [9.17, 15) is 9.59 Å². The van der Waals surface area contributed by atoms with Gasteiger partial charge in [-0.25, -0.2) is 4.98 Å². The Kier molecular flexibility index (Phi) is 6.88. The van der Waals surface area contributed by atoms with Crippen LogP contribution in [0.2, 0.25) is 0 Å². The van der Waals surface area contributed by atoms with Crippen LogP contribution in [-0.4, -0.2) is 33.7 Å². The molecule has 2 aromatic heterocycles. The van der Waals surface area contributed by atoms with Gasteiger partial charge < -0.3 is 16.5 Å². The lowest BCUT2D eigenvalue weighted by molar-refractivity contribution is -0.426. The van der Waals surface area contributed by atoms with E-state index in [4.69, 9.17) is 5.73 Å². The van der Waals surface area contributed by atoms with Gasteiger partial charge in [0, 0.05) is 41.2 Å². The number of carbonyl (C=O) groups is 2. The number of fused-ring (bicyclic) bond motifs is 1. The number of primary amides is 1. The Hall–Kier alpha value is -2.16. The minimum atomic E-state index is -0.566. The topological polar surface area (TPSA) is 116 Å². The zero-order valence-electron chi connectivity index (χ0n) is 15.8. The fourth-order valence-electron chi connectivity index (χ4n) is 3.15. The van der Waals surface area contributed by atoms with Crippen molar-refractivity contribution in [3.63, 3.8) is 0 Å². The Morgan fingerprint density at radius 2 is 2.14 bits per heavy atom. The molecule has 1 aromatic carbocycles. The van der Waals surface area contributed by atoms with Crippen LogP contribution in [0.15, 0.2) is 35.8 Å². The normalized spacial score (nSPS) is 13.5. The molecule has 0 aliphatic rings. The first-order valence-electron chi connectivity index (χ1n) is 9.14. The number of H-pyrrole nitrogens is 1. The smallest absolute Gasteiger partial charge is 0.221 e. The quantitative estimate of drug-likeness (QED) is 0.440. The molecule has 0 spiro atoms. The highest BCUT2D eigenvalue weighted by atomic mass is 32.2. The third-order valence-corrected chi connectivity index (χ3v) is 6.45. The molecule has 0 fully saturated rings. The lowest BCUT2D eigenvalue weighted by Gasteiger charge is -2.11. The minimum Gasteiger partial charge on any atom is -0.369 e. The summed E-state index contributed by atoms with van der Waals surface area (Å²) in [7, 11) is 0. The third kappa shape index (κ3) is 4.81. The van der Waals surface area contributed by atoms with Gasteiger partial charge >= 0.3 is 0 Å². The van der Waals surface area contributed by atoms with E-state index in [-0.39, 0.29) is 18.2 Å². The molecule has 0 radical (unpaired) electrons. The summed E-state index contributed by atoms with van der Waals surface area (Å²) in [5.74, 6) is -0.179. The number of nitrogens with two attached hydrogens (primary N) is 1. The molecular weight excluding hydrogens is 392 g/mol. The Bertz CT molecular complexity index is 966. The van der Waals surface area contributed by atoms with Gasteiger partial charge in [-0.3, -0.25) is 9.59 Å². The van der Waals surface area contributed by atoms with Gasteiger partial charge in [0.15, 0.2) is 10.8 Å². The van der Waals surface area contributed by atoms with Gasteiger partial charge in [-0.15, -0.1) is 11.3 Å². The average molecular weight is 418 g/mol. The van der Waals surface area contributed by atoms with Gasteiger partial charge in [0.1, 0.15) is 11.7 Å². The van der Waals surface area contributed by atoms with Gasteiger partial charge in [-0.05, 0) is 30.1 Å². The Labute approximate surface area is 172 Å². The molecule has 6 nitrogen and oxygen atoms in total. The molecule has 2 atom stereocenters. The second-order valence-corrected chi connectivity index (χ2v) is 8.71. The highest BCUT2D eigenvalue weighted by Crippen LogP contribution is 2.24. The summed E-state index contributed by atoms with van der Waals surface area (Å²) in [6, 6.07) is 7.96. The molecule has 1 amide bonds. The maximum atomic E-state index is 12.7. The van der Waals surface area contributed by atoms with Crippen LogP contribution >= 0.6 is 23.1 Å². The molecule has 2 unspecified atom stereocenters. The minimum absolute atomic E-state index is 0.0602. The number of quaternary nitrogens is 1. The van der Waals surface area contributed by atoms with Crippen molar-refractivity contribution in [2.24, 2.45) is 11.7 Å².